The first-order chi connectivity index (χ1) is 5.74. The third-order valence-electron chi connectivity index (χ3n) is 3.66. The van der Waals surface area contributed by atoms with E-state index in [0.717, 1.165) is 12.3 Å². The maximum Gasteiger partial charge on any atom is 0.0787 e. The van der Waals surface area contributed by atoms with Crippen molar-refractivity contribution in [3.8, 4) is 12.3 Å². The van der Waals surface area contributed by atoms with Crippen LogP contribution in [0.1, 0.15) is 38.5 Å². The van der Waals surface area contributed by atoms with Gasteiger partial charge in [0.25, 0.3) is 0 Å². The smallest absolute Gasteiger partial charge is 0.0787 e. The van der Waals surface area contributed by atoms with Crippen molar-refractivity contribution in [3.05, 3.63) is 0 Å². The van der Waals surface area contributed by atoms with E-state index in [1.165, 1.54) is 25.7 Å². The highest BCUT2D eigenvalue weighted by molar-refractivity contribution is 5.04. The average Bonchev–Trinajstić information content (AvgIpc) is 2.05. The fourth-order valence-electron chi connectivity index (χ4n) is 2.96. The second-order valence-corrected chi connectivity index (χ2v) is 4.41. The summed E-state index contributed by atoms with van der Waals surface area (Å²) in [5, 5.41) is 10.2. The van der Waals surface area contributed by atoms with Gasteiger partial charge in [-0.3, -0.25) is 0 Å². The first-order valence-electron chi connectivity index (χ1n) is 4.90. The van der Waals surface area contributed by atoms with Gasteiger partial charge in [0.15, 0.2) is 0 Å². The predicted octanol–water partition coefficient (Wildman–Crippen LogP) is 1.95. The molecule has 1 unspecified atom stereocenters. The van der Waals surface area contributed by atoms with Gasteiger partial charge in [-0.25, -0.2) is 0 Å². The van der Waals surface area contributed by atoms with Crippen LogP contribution in [0.2, 0.25) is 0 Å². The number of fused-ring (bicyclic) bond motifs is 3. The molecule has 2 bridgehead atoms. The zero-order valence-electron chi connectivity index (χ0n) is 7.42. The fourth-order valence-corrected chi connectivity index (χ4v) is 2.96. The van der Waals surface area contributed by atoms with E-state index >= 15 is 0 Å². The lowest BCUT2D eigenvalue weighted by molar-refractivity contribution is -0.0931. The molecule has 0 saturated heterocycles. The maximum atomic E-state index is 10.2. The normalized spacial score (nSPS) is 45.7. The van der Waals surface area contributed by atoms with Crippen molar-refractivity contribution in [3.63, 3.8) is 0 Å². The van der Waals surface area contributed by atoms with E-state index in [1.807, 2.05) is 0 Å². The Hall–Kier alpha value is -0.480. The summed E-state index contributed by atoms with van der Waals surface area (Å²) in [6, 6.07) is 0. The van der Waals surface area contributed by atoms with Gasteiger partial charge >= 0.3 is 0 Å². The Morgan fingerprint density at radius 1 is 1.33 bits per heavy atom. The van der Waals surface area contributed by atoms with Gasteiger partial charge in [0.05, 0.1) is 5.60 Å². The van der Waals surface area contributed by atoms with Gasteiger partial charge in [-0.15, -0.1) is 12.3 Å². The van der Waals surface area contributed by atoms with Gasteiger partial charge in [-0.1, -0.05) is 0 Å². The third kappa shape index (κ3) is 1.15. The summed E-state index contributed by atoms with van der Waals surface area (Å²) in [6.45, 7) is 0. The van der Waals surface area contributed by atoms with E-state index in [1.54, 1.807) is 0 Å². The van der Waals surface area contributed by atoms with Gasteiger partial charge in [-0.05, 0) is 43.9 Å². The number of terminal acetylenes is 1. The first-order valence-corrected chi connectivity index (χ1v) is 4.90. The van der Waals surface area contributed by atoms with E-state index in [-0.39, 0.29) is 0 Å². The average molecular weight is 164 g/mol. The lowest BCUT2D eigenvalue weighted by atomic mass is 9.61. The summed E-state index contributed by atoms with van der Waals surface area (Å²) >= 11 is 0. The molecule has 0 amide bonds. The molecule has 12 heavy (non-hydrogen) atoms. The molecule has 1 N–H and O–H groups in total. The Kier molecular flexibility index (Phi) is 1.88. The highest BCUT2D eigenvalue weighted by Crippen LogP contribution is 2.48. The Labute approximate surface area is 74.2 Å². The third-order valence-corrected chi connectivity index (χ3v) is 3.66. The van der Waals surface area contributed by atoms with Crippen molar-refractivity contribution < 1.29 is 5.11 Å². The summed E-state index contributed by atoms with van der Waals surface area (Å²) in [4.78, 5) is 0. The van der Waals surface area contributed by atoms with Crippen LogP contribution in [0.4, 0.5) is 0 Å². The van der Waals surface area contributed by atoms with Crippen molar-refractivity contribution in [2.45, 2.75) is 44.1 Å². The molecule has 1 atom stereocenters. The van der Waals surface area contributed by atoms with Crippen LogP contribution in [0.3, 0.4) is 0 Å². The monoisotopic (exact) mass is 164 g/mol. The summed E-state index contributed by atoms with van der Waals surface area (Å²) < 4.78 is 0. The van der Waals surface area contributed by atoms with Crippen LogP contribution < -0.4 is 0 Å². The van der Waals surface area contributed by atoms with Crippen LogP contribution in [-0.2, 0) is 0 Å². The van der Waals surface area contributed by atoms with Crippen molar-refractivity contribution in [2.75, 3.05) is 0 Å². The number of hydrogen-bond acceptors (Lipinski definition) is 1. The van der Waals surface area contributed by atoms with Crippen molar-refractivity contribution in [2.24, 2.45) is 11.8 Å². The van der Waals surface area contributed by atoms with Crippen LogP contribution in [0.5, 0.6) is 0 Å². The van der Waals surface area contributed by atoms with E-state index in [9.17, 15) is 5.11 Å². The minimum Gasteiger partial charge on any atom is -0.389 e. The molecule has 66 valence electrons. The first kappa shape index (κ1) is 8.13. The molecule has 0 aliphatic heterocycles. The molecule has 1 nitrogen and oxygen atoms in total. The summed E-state index contributed by atoms with van der Waals surface area (Å²) in [5.74, 6) is 3.87. The van der Waals surface area contributed by atoms with Crippen LogP contribution in [0.25, 0.3) is 0 Å². The predicted molar refractivity (Wildman–Crippen MR) is 48.5 cm³/mol. The molecule has 3 rings (SSSR count). The van der Waals surface area contributed by atoms with E-state index < -0.39 is 5.60 Å². The second-order valence-electron chi connectivity index (χ2n) is 4.41. The molecular formula is C11H16O. The molecule has 0 heterocycles. The SMILES string of the molecule is C#CCC1(O)CC2CCC1CC2. The van der Waals surface area contributed by atoms with Gasteiger partial charge in [0.2, 0.25) is 0 Å². The maximum absolute atomic E-state index is 10.2. The van der Waals surface area contributed by atoms with E-state index in [0.29, 0.717) is 12.3 Å². The summed E-state index contributed by atoms with van der Waals surface area (Å²) in [6.07, 6.45) is 11.8. The Bertz CT molecular complexity index is 208. The van der Waals surface area contributed by atoms with Gasteiger partial charge in [-0.2, -0.15) is 0 Å². The number of rotatable bonds is 1. The van der Waals surface area contributed by atoms with Gasteiger partial charge in [0.1, 0.15) is 0 Å². The van der Waals surface area contributed by atoms with Gasteiger partial charge in [0, 0.05) is 6.42 Å². The van der Waals surface area contributed by atoms with Gasteiger partial charge < -0.3 is 5.11 Å². The van der Waals surface area contributed by atoms with Crippen LogP contribution in [0, 0.1) is 24.2 Å². The summed E-state index contributed by atoms with van der Waals surface area (Å²) in [5.41, 5.74) is -0.490. The molecular weight excluding hydrogens is 148 g/mol. The zero-order valence-corrected chi connectivity index (χ0v) is 7.42. The minimum absolute atomic E-state index is 0.490. The molecule has 0 aromatic rings. The molecule has 0 aromatic heterocycles. The number of aliphatic hydroxyl groups is 1. The zero-order chi connectivity index (χ0) is 8.60. The van der Waals surface area contributed by atoms with Crippen molar-refractivity contribution in [1.29, 1.82) is 0 Å². The van der Waals surface area contributed by atoms with Crippen molar-refractivity contribution in [1.82, 2.24) is 0 Å². The molecule has 0 spiro atoms. The molecule has 1 heteroatoms. The van der Waals surface area contributed by atoms with E-state index in [2.05, 4.69) is 5.92 Å². The lowest BCUT2D eigenvalue weighted by Gasteiger charge is -2.47. The molecule has 3 aliphatic rings. The van der Waals surface area contributed by atoms with Crippen molar-refractivity contribution >= 4 is 0 Å². The standard InChI is InChI=1S/C11H16O/c1-2-7-11(12)8-9-3-5-10(11)6-4-9/h1,9-10,12H,3-8H2. The topological polar surface area (TPSA) is 20.2 Å². The van der Waals surface area contributed by atoms with E-state index in [4.69, 9.17) is 6.42 Å². The Morgan fingerprint density at radius 3 is 2.42 bits per heavy atom. The molecule has 3 aliphatic carbocycles. The largest absolute Gasteiger partial charge is 0.389 e. The van der Waals surface area contributed by atoms with Crippen LogP contribution in [-0.4, -0.2) is 10.7 Å². The molecule has 3 saturated carbocycles. The highest BCUT2D eigenvalue weighted by atomic mass is 16.3. The van der Waals surface area contributed by atoms with Crippen LogP contribution >= 0.6 is 0 Å². The molecule has 0 aromatic carbocycles. The highest BCUT2D eigenvalue weighted by Gasteiger charge is 2.45. The molecule has 3 fully saturated rings. The second kappa shape index (κ2) is 2.78. The summed E-state index contributed by atoms with van der Waals surface area (Å²) in [7, 11) is 0. The lowest BCUT2D eigenvalue weighted by Crippen LogP contribution is -2.47. The quantitative estimate of drug-likeness (QED) is 0.587. The Morgan fingerprint density at radius 2 is 2.00 bits per heavy atom. The minimum atomic E-state index is -0.490. The fraction of sp³-hybridized carbons (Fsp3) is 0.818. The molecule has 0 radical (unpaired) electrons. The van der Waals surface area contributed by atoms with Crippen LogP contribution in [0.15, 0.2) is 0 Å². The Balaban J connectivity index is 2.12. The number of hydrogen-bond donors (Lipinski definition) is 1.